The van der Waals surface area contributed by atoms with Crippen molar-refractivity contribution in [2.45, 2.75) is 59.0 Å². The van der Waals surface area contributed by atoms with E-state index in [9.17, 15) is 4.79 Å². The van der Waals surface area contributed by atoms with Gasteiger partial charge in [-0.15, -0.1) is 0 Å². The molecule has 0 bridgehead atoms. The number of likely N-dealkylation sites (tertiary alicyclic amines) is 1. The lowest BCUT2D eigenvalue weighted by molar-refractivity contribution is -0.132. The predicted molar refractivity (Wildman–Crippen MR) is 108 cm³/mol. The number of nitrogens with zero attached hydrogens (tertiary/aromatic N) is 6. The van der Waals surface area contributed by atoms with Crippen molar-refractivity contribution in [2.75, 3.05) is 6.54 Å². The first-order valence-corrected chi connectivity index (χ1v) is 10.00. The number of rotatable bonds is 5. The van der Waals surface area contributed by atoms with E-state index in [1.807, 2.05) is 38.1 Å². The zero-order valence-corrected chi connectivity index (χ0v) is 17.1. The van der Waals surface area contributed by atoms with Crippen molar-refractivity contribution in [3.05, 3.63) is 41.2 Å². The predicted octanol–water partition coefficient (Wildman–Crippen LogP) is 2.71. The van der Waals surface area contributed by atoms with Gasteiger partial charge in [-0.05, 0) is 51.2 Å². The maximum Gasteiger partial charge on any atom is 0.223 e. The smallest absolute Gasteiger partial charge is 0.223 e. The number of aromatic nitrogens is 5. The van der Waals surface area contributed by atoms with Crippen molar-refractivity contribution in [3.63, 3.8) is 0 Å². The highest BCUT2D eigenvalue weighted by Crippen LogP contribution is 2.27. The molecule has 0 aromatic carbocycles. The number of hydrogen-bond donors (Lipinski definition) is 0. The number of aryl methyl sites for hydroxylation is 4. The largest absolute Gasteiger partial charge is 0.338 e. The molecule has 148 valence electrons. The van der Waals surface area contributed by atoms with Crippen LogP contribution < -0.4 is 0 Å². The fourth-order valence-electron chi connectivity index (χ4n) is 4.60. The van der Waals surface area contributed by atoms with E-state index in [0.29, 0.717) is 6.42 Å². The molecule has 1 aliphatic heterocycles. The van der Waals surface area contributed by atoms with Crippen LogP contribution in [-0.2, 0) is 24.8 Å². The topological polar surface area (TPSA) is 68.8 Å². The number of carbonyl (C=O) groups is 1. The molecule has 0 radical (unpaired) electrons. The number of hydrogen-bond acceptors (Lipinski definition) is 4. The zero-order chi connectivity index (χ0) is 19.8. The van der Waals surface area contributed by atoms with Crippen LogP contribution in [0.2, 0.25) is 0 Å². The summed E-state index contributed by atoms with van der Waals surface area (Å²) >= 11 is 0. The van der Waals surface area contributed by atoms with Crippen molar-refractivity contribution >= 4 is 16.9 Å². The van der Waals surface area contributed by atoms with Gasteiger partial charge in [-0.1, -0.05) is 0 Å². The highest BCUT2D eigenvalue weighted by Gasteiger charge is 2.29. The average Bonchev–Trinajstić information content (AvgIpc) is 3.37. The molecule has 1 aliphatic rings. The van der Waals surface area contributed by atoms with Crippen molar-refractivity contribution in [3.8, 4) is 0 Å². The minimum Gasteiger partial charge on any atom is -0.338 e. The Morgan fingerprint density at radius 1 is 1.25 bits per heavy atom. The van der Waals surface area contributed by atoms with E-state index >= 15 is 0 Å². The quantitative estimate of drug-likeness (QED) is 0.682. The molecule has 1 atom stereocenters. The summed E-state index contributed by atoms with van der Waals surface area (Å²) in [5.74, 6) is 0.240. The standard InChI is InChI=1S/C21H28N6O/c1-14-18(15(2)23-21-20(14)16(3)24-25(21)4)7-8-19(28)27-10-5-6-17(27)12-26-11-9-22-13-26/h9,11,13,17H,5-8,10,12H2,1-4H3/t17-/m1/s1. The van der Waals surface area contributed by atoms with Gasteiger partial charge in [-0.25, -0.2) is 9.97 Å². The summed E-state index contributed by atoms with van der Waals surface area (Å²) in [6, 6.07) is 0.269. The lowest BCUT2D eigenvalue weighted by atomic mass is 9.99. The molecule has 0 N–H and O–H groups in total. The molecule has 28 heavy (non-hydrogen) atoms. The van der Waals surface area contributed by atoms with E-state index in [1.54, 1.807) is 6.20 Å². The van der Waals surface area contributed by atoms with Gasteiger partial charge >= 0.3 is 0 Å². The second kappa shape index (κ2) is 7.37. The van der Waals surface area contributed by atoms with E-state index in [-0.39, 0.29) is 11.9 Å². The van der Waals surface area contributed by atoms with E-state index in [2.05, 4.69) is 26.5 Å². The summed E-state index contributed by atoms with van der Waals surface area (Å²) in [5, 5.41) is 5.63. The van der Waals surface area contributed by atoms with Crippen molar-refractivity contribution in [1.29, 1.82) is 0 Å². The number of amides is 1. The lowest BCUT2D eigenvalue weighted by Gasteiger charge is -2.25. The normalized spacial score (nSPS) is 17.0. The molecular formula is C21H28N6O. The number of carbonyl (C=O) groups excluding carboxylic acids is 1. The number of pyridine rings is 1. The molecule has 0 unspecified atom stereocenters. The first kappa shape index (κ1) is 18.7. The fraction of sp³-hybridized carbons (Fsp3) is 0.524. The van der Waals surface area contributed by atoms with Gasteiger partial charge in [0.2, 0.25) is 5.91 Å². The summed E-state index contributed by atoms with van der Waals surface area (Å²) in [4.78, 5) is 23.9. The highest BCUT2D eigenvalue weighted by atomic mass is 16.2. The lowest BCUT2D eigenvalue weighted by Crippen LogP contribution is -2.38. The molecular weight excluding hydrogens is 352 g/mol. The second-order valence-electron chi connectivity index (χ2n) is 7.85. The van der Waals surface area contributed by atoms with Gasteiger partial charge in [0.15, 0.2) is 5.65 Å². The Bertz CT molecular complexity index is 1000. The van der Waals surface area contributed by atoms with Crippen LogP contribution in [0.1, 0.15) is 41.8 Å². The minimum absolute atomic E-state index is 0.240. The van der Waals surface area contributed by atoms with Crippen LogP contribution in [0.15, 0.2) is 18.7 Å². The molecule has 4 rings (SSSR count). The molecule has 0 spiro atoms. The Morgan fingerprint density at radius 2 is 2.07 bits per heavy atom. The van der Waals surface area contributed by atoms with Crippen LogP contribution in [-0.4, -0.2) is 47.7 Å². The first-order valence-electron chi connectivity index (χ1n) is 10.00. The zero-order valence-electron chi connectivity index (χ0n) is 17.1. The summed E-state index contributed by atoms with van der Waals surface area (Å²) in [6.45, 7) is 7.86. The third kappa shape index (κ3) is 3.30. The SMILES string of the molecule is Cc1nc2c(c(C)nn2C)c(C)c1CCC(=O)N1CCC[C@@H]1Cn1ccnc1. The Morgan fingerprint density at radius 3 is 2.82 bits per heavy atom. The Hall–Kier alpha value is -2.70. The minimum atomic E-state index is 0.240. The third-order valence-corrected chi connectivity index (χ3v) is 6.00. The molecule has 0 saturated carbocycles. The number of fused-ring (bicyclic) bond motifs is 1. The van der Waals surface area contributed by atoms with Gasteiger partial charge in [0.05, 0.1) is 12.0 Å². The fourth-order valence-corrected chi connectivity index (χ4v) is 4.60. The summed E-state index contributed by atoms with van der Waals surface area (Å²) in [6.07, 6.45) is 8.96. The van der Waals surface area contributed by atoms with Gasteiger partial charge < -0.3 is 9.47 Å². The first-order chi connectivity index (χ1) is 13.5. The average molecular weight is 380 g/mol. The van der Waals surface area contributed by atoms with Gasteiger partial charge in [-0.2, -0.15) is 5.10 Å². The van der Waals surface area contributed by atoms with Gasteiger partial charge in [0, 0.05) is 56.1 Å². The van der Waals surface area contributed by atoms with Crippen LogP contribution in [0.4, 0.5) is 0 Å². The van der Waals surface area contributed by atoms with E-state index in [0.717, 1.165) is 54.8 Å². The Labute approximate surface area is 165 Å². The van der Waals surface area contributed by atoms with Gasteiger partial charge in [0.25, 0.3) is 0 Å². The third-order valence-electron chi connectivity index (χ3n) is 6.00. The van der Waals surface area contributed by atoms with Crippen LogP contribution in [0, 0.1) is 20.8 Å². The molecule has 1 amide bonds. The Kier molecular flexibility index (Phi) is 4.91. The summed E-state index contributed by atoms with van der Waals surface area (Å²) in [7, 11) is 1.93. The van der Waals surface area contributed by atoms with Crippen molar-refractivity contribution < 1.29 is 4.79 Å². The molecule has 4 heterocycles. The van der Waals surface area contributed by atoms with E-state index in [4.69, 9.17) is 4.98 Å². The molecule has 3 aromatic heterocycles. The van der Waals surface area contributed by atoms with Gasteiger partial charge in [0.1, 0.15) is 0 Å². The molecule has 7 heteroatoms. The molecule has 1 fully saturated rings. The number of imidazole rings is 1. The molecule has 3 aromatic rings. The highest BCUT2D eigenvalue weighted by molar-refractivity contribution is 5.84. The van der Waals surface area contributed by atoms with Crippen LogP contribution >= 0.6 is 0 Å². The van der Waals surface area contributed by atoms with E-state index < -0.39 is 0 Å². The molecule has 1 saturated heterocycles. The maximum absolute atomic E-state index is 13.0. The maximum atomic E-state index is 13.0. The van der Waals surface area contributed by atoms with Crippen LogP contribution in [0.3, 0.4) is 0 Å². The molecule has 0 aliphatic carbocycles. The van der Waals surface area contributed by atoms with Crippen molar-refractivity contribution in [2.24, 2.45) is 7.05 Å². The monoisotopic (exact) mass is 380 g/mol. The summed E-state index contributed by atoms with van der Waals surface area (Å²) in [5.41, 5.74) is 5.30. The van der Waals surface area contributed by atoms with Crippen LogP contribution in [0.25, 0.3) is 11.0 Å². The second-order valence-corrected chi connectivity index (χ2v) is 7.85. The van der Waals surface area contributed by atoms with Crippen LogP contribution in [0.5, 0.6) is 0 Å². The summed E-state index contributed by atoms with van der Waals surface area (Å²) < 4.78 is 3.90. The van der Waals surface area contributed by atoms with Gasteiger partial charge in [-0.3, -0.25) is 9.48 Å². The van der Waals surface area contributed by atoms with Crippen molar-refractivity contribution in [1.82, 2.24) is 29.2 Å². The Balaban J connectivity index is 1.49. The van der Waals surface area contributed by atoms with E-state index in [1.165, 1.54) is 11.1 Å². The molecule has 7 nitrogen and oxygen atoms in total.